The second-order valence-electron chi connectivity index (χ2n) is 3.50. The van der Waals surface area contributed by atoms with Gasteiger partial charge in [-0.05, 0) is 39.4 Å². The highest BCUT2D eigenvalue weighted by atomic mass is 16.1. The summed E-state index contributed by atoms with van der Waals surface area (Å²) < 4.78 is 1.78. The molecule has 0 radical (unpaired) electrons. The number of hydrogen-bond acceptors (Lipinski definition) is 2. The Kier molecular flexibility index (Phi) is 4.40. The van der Waals surface area contributed by atoms with Crippen LogP contribution in [0.2, 0.25) is 0 Å². The van der Waals surface area contributed by atoms with Gasteiger partial charge in [0.2, 0.25) is 0 Å². The first-order chi connectivity index (χ1) is 6.75. The smallest absolute Gasteiger partial charge is 0.253 e. The van der Waals surface area contributed by atoms with E-state index in [1.807, 2.05) is 32.3 Å². The van der Waals surface area contributed by atoms with E-state index in [4.69, 9.17) is 0 Å². The van der Waals surface area contributed by atoms with Crippen molar-refractivity contribution in [3.8, 4) is 0 Å². The van der Waals surface area contributed by atoms with E-state index in [1.54, 1.807) is 4.57 Å². The van der Waals surface area contributed by atoms with E-state index in [9.17, 15) is 4.79 Å². The Labute approximate surface area is 84.8 Å². The topological polar surface area (TPSA) is 34.0 Å². The fourth-order valence-corrected chi connectivity index (χ4v) is 1.42. The quantitative estimate of drug-likeness (QED) is 0.714. The molecule has 14 heavy (non-hydrogen) atoms. The monoisotopic (exact) mass is 194 g/mol. The molecular formula is C11H18N2O. The lowest BCUT2D eigenvalue weighted by atomic mass is 10.2. The molecule has 0 aliphatic heterocycles. The van der Waals surface area contributed by atoms with Gasteiger partial charge in [-0.1, -0.05) is 6.07 Å². The van der Waals surface area contributed by atoms with Crippen molar-refractivity contribution in [2.24, 2.45) is 0 Å². The summed E-state index contributed by atoms with van der Waals surface area (Å²) in [5.74, 6) is 0. The first-order valence-electron chi connectivity index (χ1n) is 5.06. The lowest BCUT2D eigenvalue weighted by molar-refractivity contribution is 0.576. The summed E-state index contributed by atoms with van der Waals surface area (Å²) in [6, 6.07) is 3.78. The first kappa shape index (κ1) is 11.0. The van der Waals surface area contributed by atoms with Crippen LogP contribution in [0.3, 0.4) is 0 Å². The number of aryl methyl sites for hydroxylation is 2. The van der Waals surface area contributed by atoms with Crippen molar-refractivity contribution in [3.63, 3.8) is 0 Å². The highest BCUT2D eigenvalue weighted by Crippen LogP contribution is 1.94. The van der Waals surface area contributed by atoms with Crippen LogP contribution in [-0.4, -0.2) is 18.2 Å². The highest BCUT2D eigenvalue weighted by molar-refractivity contribution is 5.07. The molecule has 0 spiro atoms. The molecule has 0 aromatic carbocycles. The van der Waals surface area contributed by atoms with Crippen LogP contribution in [0.25, 0.3) is 0 Å². The lowest BCUT2D eigenvalue weighted by Crippen LogP contribution is -2.21. The largest absolute Gasteiger partial charge is 0.320 e. The minimum absolute atomic E-state index is 0.136. The van der Waals surface area contributed by atoms with Gasteiger partial charge in [-0.15, -0.1) is 0 Å². The van der Waals surface area contributed by atoms with E-state index < -0.39 is 0 Å². The molecule has 0 aliphatic carbocycles. The van der Waals surface area contributed by atoms with Crippen molar-refractivity contribution in [2.45, 2.75) is 26.3 Å². The van der Waals surface area contributed by atoms with E-state index in [0.717, 1.165) is 31.5 Å². The number of nitrogens with zero attached hydrogens (tertiary/aromatic N) is 1. The lowest BCUT2D eigenvalue weighted by Gasteiger charge is -2.05. The number of nitrogens with one attached hydrogen (secondary N) is 1. The van der Waals surface area contributed by atoms with Crippen molar-refractivity contribution in [3.05, 3.63) is 34.2 Å². The molecule has 78 valence electrons. The molecule has 1 N–H and O–H groups in total. The maximum absolute atomic E-state index is 11.6. The summed E-state index contributed by atoms with van der Waals surface area (Å²) in [6.45, 7) is 3.69. The van der Waals surface area contributed by atoms with Gasteiger partial charge in [0.15, 0.2) is 0 Å². The van der Waals surface area contributed by atoms with Crippen LogP contribution in [0, 0.1) is 6.92 Å². The Morgan fingerprint density at radius 3 is 2.93 bits per heavy atom. The van der Waals surface area contributed by atoms with Crippen molar-refractivity contribution in [1.82, 2.24) is 9.88 Å². The number of hydrogen-bond donors (Lipinski definition) is 1. The standard InChI is InChI=1S/C11H18N2O/c1-10-6-5-9-13(11(10)14)8-4-3-7-12-2/h5-6,9,12H,3-4,7-8H2,1-2H3. The highest BCUT2D eigenvalue weighted by Gasteiger charge is 1.97. The molecular weight excluding hydrogens is 176 g/mol. The fourth-order valence-electron chi connectivity index (χ4n) is 1.42. The third kappa shape index (κ3) is 3.00. The average molecular weight is 194 g/mol. The third-order valence-corrected chi connectivity index (χ3v) is 2.29. The first-order valence-corrected chi connectivity index (χ1v) is 5.06. The zero-order valence-electron chi connectivity index (χ0n) is 8.92. The van der Waals surface area contributed by atoms with Gasteiger partial charge in [-0.25, -0.2) is 0 Å². The Bertz CT molecular complexity index is 330. The van der Waals surface area contributed by atoms with Crippen molar-refractivity contribution < 1.29 is 0 Å². The van der Waals surface area contributed by atoms with E-state index in [2.05, 4.69) is 5.32 Å². The summed E-state index contributed by atoms with van der Waals surface area (Å²) in [5, 5.41) is 3.09. The van der Waals surface area contributed by atoms with Crippen LogP contribution in [0.4, 0.5) is 0 Å². The summed E-state index contributed by atoms with van der Waals surface area (Å²) in [7, 11) is 1.94. The Hall–Kier alpha value is -1.09. The number of aromatic nitrogens is 1. The Morgan fingerprint density at radius 1 is 1.43 bits per heavy atom. The fraction of sp³-hybridized carbons (Fsp3) is 0.545. The minimum Gasteiger partial charge on any atom is -0.320 e. The van der Waals surface area contributed by atoms with Gasteiger partial charge < -0.3 is 9.88 Å². The molecule has 0 unspecified atom stereocenters. The normalized spacial score (nSPS) is 10.4. The summed E-state index contributed by atoms with van der Waals surface area (Å²) in [6.07, 6.45) is 4.01. The molecule has 1 heterocycles. The van der Waals surface area contributed by atoms with Crippen LogP contribution >= 0.6 is 0 Å². The van der Waals surface area contributed by atoms with Crippen molar-refractivity contribution in [1.29, 1.82) is 0 Å². The molecule has 3 heteroatoms. The zero-order valence-corrected chi connectivity index (χ0v) is 8.92. The Morgan fingerprint density at radius 2 is 2.21 bits per heavy atom. The van der Waals surface area contributed by atoms with Gasteiger partial charge in [0.25, 0.3) is 5.56 Å². The number of rotatable bonds is 5. The zero-order chi connectivity index (χ0) is 10.4. The second kappa shape index (κ2) is 5.60. The van der Waals surface area contributed by atoms with Gasteiger partial charge in [0.05, 0.1) is 0 Å². The molecule has 0 amide bonds. The van der Waals surface area contributed by atoms with Crippen molar-refractivity contribution >= 4 is 0 Å². The molecule has 3 nitrogen and oxygen atoms in total. The van der Waals surface area contributed by atoms with Crippen LogP contribution in [0.15, 0.2) is 23.1 Å². The van der Waals surface area contributed by atoms with E-state index in [-0.39, 0.29) is 5.56 Å². The molecule has 1 aromatic rings. The summed E-state index contributed by atoms with van der Waals surface area (Å²) in [4.78, 5) is 11.6. The van der Waals surface area contributed by atoms with Gasteiger partial charge in [0.1, 0.15) is 0 Å². The van der Waals surface area contributed by atoms with E-state index in [0.29, 0.717) is 0 Å². The van der Waals surface area contributed by atoms with Crippen LogP contribution < -0.4 is 10.9 Å². The van der Waals surface area contributed by atoms with Crippen LogP contribution in [-0.2, 0) is 6.54 Å². The third-order valence-electron chi connectivity index (χ3n) is 2.29. The maximum Gasteiger partial charge on any atom is 0.253 e. The molecule has 1 aromatic heterocycles. The SMILES string of the molecule is CNCCCCn1cccc(C)c1=O. The molecule has 1 rings (SSSR count). The van der Waals surface area contributed by atoms with E-state index >= 15 is 0 Å². The minimum atomic E-state index is 0.136. The summed E-state index contributed by atoms with van der Waals surface area (Å²) >= 11 is 0. The van der Waals surface area contributed by atoms with Gasteiger partial charge in [0, 0.05) is 18.3 Å². The summed E-state index contributed by atoms with van der Waals surface area (Å²) in [5.41, 5.74) is 0.957. The van der Waals surface area contributed by atoms with Gasteiger partial charge in [-0.2, -0.15) is 0 Å². The number of unbranched alkanes of at least 4 members (excludes halogenated alkanes) is 1. The van der Waals surface area contributed by atoms with Gasteiger partial charge >= 0.3 is 0 Å². The Balaban J connectivity index is 2.51. The average Bonchev–Trinajstić information content (AvgIpc) is 2.19. The molecule has 0 bridgehead atoms. The molecule has 0 saturated heterocycles. The van der Waals surface area contributed by atoms with E-state index in [1.165, 1.54) is 0 Å². The van der Waals surface area contributed by atoms with Gasteiger partial charge in [-0.3, -0.25) is 4.79 Å². The predicted molar refractivity (Wildman–Crippen MR) is 58.6 cm³/mol. The predicted octanol–water partition coefficient (Wildman–Crippen LogP) is 1.16. The van der Waals surface area contributed by atoms with Crippen LogP contribution in [0.1, 0.15) is 18.4 Å². The van der Waals surface area contributed by atoms with Crippen molar-refractivity contribution in [2.75, 3.05) is 13.6 Å². The number of pyridine rings is 1. The molecule has 0 fully saturated rings. The second-order valence-corrected chi connectivity index (χ2v) is 3.50. The molecule has 0 aliphatic rings. The molecule has 0 saturated carbocycles. The van der Waals surface area contributed by atoms with Crippen LogP contribution in [0.5, 0.6) is 0 Å². The maximum atomic E-state index is 11.6. The molecule has 0 atom stereocenters.